The molecular formula is C13H22F3NO. The molecule has 0 radical (unpaired) electrons. The number of rotatable bonds is 2. The number of phenols is 1. The van der Waals surface area contributed by atoms with E-state index in [1.165, 1.54) is 12.5 Å². The highest BCUT2D eigenvalue weighted by Crippen LogP contribution is 2.30. The number of benzene rings is 1. The van der Waals surface area contributed by atoms with Crippen LogP contribution in [0.15, 0.2) is 24.3 Å². The van der Waals surface area contributed by atoms with E-state index in [1.807, 2.05) is 20.9 Å². The molecule has 0 atom stereocenters. The molecule has 2 N–H and O–H groups in total. The van der Waals surface area contributed by atoms with Crippen molar-refractivity contribution in [1.82, 2.24) is 5.32 Å². The van der Waals surface area contributed by atoms with Gasteiger partial charge in [0.05, 0.1) is 5.56 Å². The molecule has 0 bridgehead atoms. The molecule has 5 heteroatoms. The van der Waals surface area contributed by atoms with Crippen molar-refractivity contribution in [2.24, 2.45) is 0 Å². The minimum Gasteiger partial charge on any atom is -0.508 e. The fourth-order valence-corrected chi connectivity index (χ4v) is 0.932. The first-order valence-corrected chi connectivity index (χ1v) is 5.92. The second kappa shape index (κ2) is 10.9. The maximum atomic E-state index is 11.9. The number of alkyl halides is 3. The number of nitrogens with one attached hydrogen (secondary N) is 1. The van der Waals surface area contributed by atoms with E-state index in [9.17, 15) is 13.2 Å². The van der Waals surface area contributed by atoms with E-state index in [0.717, 1.165) is 18.7 Å². The molecule has 0 aliphatic rings. The lowest BCUT2D eigenvalue weighted by Crippen LogP contribution is -2.04. The quantitative estimate of drug-likeness (QED) is 0.845. The van der Waals surface area contributed by atoms with Gasteiger partial charge in [-0.3, -0.25) is 0 Å². The third-order valence-corrected chi connectivity index (χ3v) is 1.67. The van der Waals surface area contributed by atoms with Crippen molar-refractivity contribution in [1.29, 1.82) is 0 Å². The Balaban J connectivity index is 0. The summed E-state index contributed by atoms with van der Waals surface area (Å²) in [5, 5.41) is 11.7. The van der Waals surface area contributed by atoms with Gasteiger partial charge < -0.3 is 10.4 Å². The molecule has 0 aromatic heterocycles. The van der Waals surface area contributed by atoms with E-state index in [0.29, 0.717) is 6.07 Å². The van der Waals surface area contributed by atoms with Gasteiger partial charge in [-0.2, -0.15) is 13.2 Å². The zero-order valence-electron chi connectivity index (χ0n) is 11.3. The summed E-state index contributed by atoms with van der Waals surface area (Å²) < 4.78 is 35.6. The molecule has 1 rings (SSSR count). The monoisotopic (exact) mass is 265 g/mol. The van der Waals surface area contributed by atoms with Crippen LogP contribution < -0.4 is 5.32 Å². The summed E-state index contributed by atoms with van der Waals surface area (Å²) in [6, 6.07) is 3.92. The van der Waals surface area contributed by atoms with E-state index in [4.69, 9.17) is 5.11 Å². The smallest absolute Gasteiger partial charge is 0.416 e. The molecule has 0 saturated heterocycles. The maximum Gasteiger partial charge on any atom is 0.416 e. The summed E-state index contributed by atoms with van der Waals surface area (Å²) >= 11 is 0. The molecule has 0 unspecified atom stereocenters. The minimum absolute atomic E-state index is 0.375. The molecule has 0 aliphatic carbocycles. The first-order valence-electron chi connectivity index (χ1n) is 5.92. The molecule has 0 heterocycles. The highest BCUT2D eigenvalue weighted by Gasteiger charge is 2.30. The zero-order chi connectivity index (χ0) is 14.6. The molecule has 106 valence electrons. The van der Waals surface area contributed by atoms with Gasteiger partial charge in [0.2, 0.25) is 0 Å². The lowest BCUT2D eigenvalue weighted by molar-refractivity contribution is -0.137. The second-order valence-corrected chi connectivity index (χ2v) is 3.15. The van der Waals surface area contributed by atoms with Gasteiger partial charge in [0.1, 0.15) is 5.75 Å². The summed E-state index contributed by atoms with van der Waals surface area (Å²) in [7, 11) is 1.96. The van der Waals surface area contributed by atoms with Crippen molar-refractivity contribution in [3.63, 3.8) is 0 Å². The van der Waals surface area contributed by atoms with Crippen LogP contribution >= 0.6 is 0 Å². The first kappa shape index (κ1) is 19.1. The topological polar surface area (TPSA) is 32.3 Å². The van der Waals surface area contributed by atoms with E-state index < -0.39 is 11.7 Å². The molecular weight excluding hydrogens is 243 g/mol. The summed E-state index contributed by atoms with van der Waals surface area (Å²) in [5.74, 6) is -0.375. The number of hydrogen-bond acceptors (Lipinski definition) is 2. The highest BCUT2D eigenvalue weighted by atomic mass is 19.4. The molecule has 0 amide bonds. The summed E-state index contributed by atoms with van der Waals surface area (Å²) in [6.07, 6.45) is -3.14. The predicted molar refractivity (Wildman–Crippen MR) is 68.7 cm³/mol. The number of phenolic OH excluding ortho intramolecular Hbond substituents is 1. The third kappa shape index (κ3) is 9.96. The van der Waals surface area contributed by atoms with Gasteiger partial charge in [0.25, 0.3) is 0 Å². The Hall–Kier alpha value is -1.23. The Kier molecular flexibility index (Phi) is 11.6. The molecule has 1 aromatic rings. The van der Waals surface area contributed by atoms with Crippen LogP contribution in [0.5, 0.6) is 5.75 Å². The van der Waals surface area contributed by atoms with Crippen LogP contribution in [0.4, 0.5) is 13.2 Å². The molecule has 2 nitrogen and oxygen atoms in total. The van der Waals surface area contributed by atoms with Gasteiger partial charge in [-0.05, 0) is 38.2 Å². The minimum atomic E-state index is -4.38. The lowest BCUT2D eigenvalue weighted by Gasteiger charge is -2.05. The number of halogens is 3. The fourth-order valence-electron chi connectivity index (χ4n) is 0.932. The molecule has 0 fully saturated rings. The van der Waals surface area contributed by atoms with Gasteiger partial charge in [-0.1, -0.05) is 26.8 Å². The predicted octanol–water partition coefficient (Wildman–Crippen LogP) is 4.05. The SMILES string of the molecule is CC.CCCNC.Oc1cccc(C(F)(F)F)c1. The van der Waals surface area contributed by atoms with Gasteiger partial charge in [-0.15, -0.1) is 0 Å². The number of hydrogen-bond donors (Lipinski definition) is 2. The maximum absolute atomic E-state index is 11.9. The molecule has 1 aromatic carbocycles. The first-order chi connectivity index (χ1) is 8.41. The van der Waals surface area contributed by atoms with E-state index in [-0.39, 0.29) is 5.75 Å². The highest BCUT2D eigenvalue weighted by molar-refractivity contribution is 5.28. The summed E-state index contributed by atoms with van der Waals surface area (Å²) in [4.78, 5) is 0. The Morgan fingerprint density at radius 3 is 2.00 bits per heavy atom. The average molecular weight is 265 g/mol. The van der Waals surface area contributed by atoms with Crippen LogP contribution in [0, 0.1) is 0 Å². The number of aromatic hydroxyl groups is 1. The van der Waals surface area contributed by atoms with E-state index in [2.05, 4.69) is 12.2 Å². The molecule has 0 saturated carbocycles. The summed E-state index contributed by atoms with van der Waals surface area (Å²) in [6.45, 7) is 7.29. The zero-order valence-corrected chi connectivity index (χ0v) is 11.3. The standard InChI is InChI=1S/C7H5F3O.C4H11N.C2H6/c8-7(9,10)5-2-1-3-6(11)4-5;1-3-4-5-2;1-2/h1-4,11H;5H,3-4H2,1-2H3;1-2H3. The van der Waals surface area contributed by atoms with Crippen molar-refractivity contribution in [3.8, 4) is 5.75 Å². The van der Waals surface area contributed by atoms with Gasteiger partial charge in [0, 0.05) is 0 Å². The van der Waals surface area contributed by atoms with Crippen molar-refractivity contribution < 1.29 is 18.3 Å². The Morgan fingerprint density at radius 1 is 1.22 bits per heavy atom. The van der Waals surface area contributed by atoms with Crippen LogP contribution in [-0.2, 0) is 6.18 Å². The van der Waals surface area contributed by atoms with E-state index >= 15 is 0 Å². The Labute approximate surface area is 107 Å². The molecule has 18 heavy (non-hydrogen) atoms. The summed E-state index contributed by atoms with van der Waals surface area (Å²) in [5.41, 5.74) is -0.836. The molecule has 0 spiro atoms. The van der Waals surface area contributed by atoms with Crippen LogP contribution in [0.3, 0.4) is 0 Å². The van der Waals surface area contributed by atoms with Crippen molar-refractivity contribution >= 4 is 0 Å². The van der Waals surface area contributed by atoms with Crippen molar-refractivity contribution in [3.05, 3.63) is 29.8 Å². The van der Waals surface area contributed by atoms with Crippen LogP contribution in [0.1, 0.15) is 32.8 Å². The van der Waals surface area contributed by atoms with Crippen molar-refractivity contribution in [2.75, 3.05) is 13.6 Å². The van der Waals surface area contributed by atoms with Crippen LogP contribution in [0.25, 0.3) is 0 Å². The van der Waals surface area contributed by atoms with E-state index in [1.54, 1.807) is 0 Å². The molecule has 0 aliphatic heterocycles. The normalized spacial score (nSPS) is 9.72. The largest absolute Gasteiger partial charge is 0.508 e. The van der Waals surface area contributed by atoms with Crippen LogP contribution in [0.2, 0.25) is 0 Å². The van der Waals surface area contributed by atoms with Gasteiger partial charge >= 0.3 is 6.18 Å². The second-order valence-electron chi connectivity index (χ2n) is 3.15. The third-order valence-electron chi connectivity index (χ3n) is 1.67. The fraction of sp³-hybridized carbons (Fsp3) is 0.538. The average Bonchev–Trinajstić information content (AvgIpc) is 2.32. The lowest BCUT2D eigenvalue weighted by atomic mass is 10.2. The Bertz CT molecular complexity index is 299. The van der Waals surface area contributed by atoms with Gasteiger partial charge in [0.15, 0.2) is 0 Å². The Morgan fingerprint density at radius 2 is 1.78 bits per heavy atom. The van der Waals surface area contributed by atoms with Crippen LogP contribution in [-0.4, -0.2) is 18.7 Å². The van der Waals surface area contributed by atoms with Crippen molar-refractivity contribution in [2.45, 2.75) is 33.4 Å². The van der Waals surface area contributed by atoms with Gasteiger partial charge in [-0.25, -0.2) is 0 Å².